The van der Waals surface area contributed by atoms with E-state index >= 15 is 0 Å². The molecular formula is C23H28N2O6. The number of phenolic OH excluding ortho intramolecular Hbond substituents is 3. The number of hydrazone groups is 1. The third kappa shape index (κ3) is 8.00. The van der Waals surface area contributed by atoms with Crippen molar-refractivity contribution in [2.24, 2.45) is 5.10 Å². The van der Waals surface area contributed by atoms with E-state index in [-0.39, 0.29) is 41.6 Å². The van der Waals surface area contributed by atoms with Gasteiger partial charge in [-0.25, -0.2) is 5.43 Å². The molecule has 0 saturated carbocycles. The number of aryl methyl sites for hydroxylation is 1. The molecule has 0 atom stereocenters. The first-order valence-corrected chi connectivity index (χ1v) is 10.3. The standard InChI is InChI=1S/C23H28N2O6/c1-2-3-8-21(29)31-23-19(27)14-11-17(22(23)30)15-24-25-20(28)7-5-4-6-16-9-12-18(26)13-10-16/h9-15,26-27,30H,2-8H2,1H3,(H,25,28)/b24-15+. The van der Waals surface area contributed by atoms with E-state index in [1.165, 1.54) is 18.3 Å². The largest absolute Gasteiger partial charge is 0.508 e. The molecule has 0 heterocycles. The van der Waals surface area contributed by atoms with Gasteiger partial charge in [0.2, 0.25) is 11.7 Å². The number of amides is 1. The highest BCUT2D eigenvalue weighted by Gasteiger charge is 2.16. The average molecular weight is 428 g/mol. The monoisotopic (exact) mass is 428 g/mol. The molecule has 2 aromatic carbocycles. The lowest BCUT2D eigenvalue weighted by Crippen LogP contribution is -2.17. The van der Waals surface area contributed by atoms with E-state index in [9.17, 15) is 24.9 Å². The number of hydrogen-bond donors (Lipinski definition) is 4. The summed E-state index contributed by atoms with van der Waals surface area (Å²) < 4.78 is 5.05. The third-order valence-electron chi connectivity index (χ3n) is 4.54. The summed E-state index contributed by atoms with van der Waals surface area (Å²) >= 11 is 0. The Hall–Kier alpha value is -3.55. The van der Waals surface area contributed by atoms with Crippen LogP contribution >= 0.6 is 0 Å². The lowest BCUT2D eigenvalue weighted by Gasteiger charge is -2.10. The predicted molar refractivity (Wildman–Crippen MR) is 116 cm³/mol. The van der Waals surface area contributed by atoms with Crippen molar-refractivity contribution in [1.82, 2.24) is 5.43 Å². The number of carbonyl (C=O) groups is 2. The SMILES string of the molecule is CCCCC(=O)Oc1c(O)ccc(/C=N/NC(=O)CCCCc2ccc(O)cc2)c1O. The van der Waals surface area contributed by atoms with Gasteiger partial charge in [0.15, 0.2) is 11.5 Å². The fraction of sp³-hybridized carbons (Fsp3) is 0.348. The number of esters is 1. The van der Waals surface area contributed by atoms with Crippen LogP contribution in [0.5, 0.6) is 23.0 Å². The lowest BCUT2D eigenvalue weighted by molar-refractivity contribution is -0.134. The summed E-state index contributed by atoms with van der Waals surface area (Å²) in [7, 11) is 0. The van der Waals surface area contributed by atoms with Gasteiger partial charge in [-0.15, -0.1) is 0 Å². The number of nitrogens with one attached hydrogen (secondary N) is 1. The Balaban J connectivity index is 1.81. The van der Waals surface area contributed by atoms with E-state index in [1.807, 2.05) is 19.1 Å². The molecule has 4 N–H and O–H groups in total. The van der Waals surface area contributed by atoms with E-state index in [2.05, 4.69) is 10.5 Å². The van der Waals surface area contributed by atoms with Crippen LogP contribution in [0.4, 0.5) is 0 Å². The second-order valence-electron chi connectivity index (χ2n) is 7.10. The van der Waals surface area contributed by atoms with Crippen molar-refractivity contribution in [3.63, 3.8) is 0 Å². The predicted octanol–water partition coefficient (Wildman–Crippen LogP) is 3.76. The Morgan fingerprint density at radius 1 is 1.00 bits per heavy atom. The van der Waals surface area contributed by atoms with Crippen molar-refractivity contribution in [2.75, 3.05) is 0 Å². The van der Waals surface area contributed by atoms with Gasteiger partial charge in [0.25, 0.3) is 0 Å². The average Bonchev–Trinajstić information content (AvgIpc) is 2.75. The minimum Gasteiger partial charge on any atom is -0.508 e. The van der Waals surface area contributed by atoms with Crippen molar-refractivity contribution in [3.8, 4) is 23.0 Å². The van der Waals surface area contributed by atoms with Crippen molar-refractivity contribution in [2.45, 2.75) is 51.9 Å². The van der Waals surface area contributed by atoms with E-state index in [0.29, 0.717) is 12.8 Å². The quantitative estimate of drug-likeness (QED) is 0.142. The molecule has 0 aliphatic rings. The summed E-state index contributed by atoms with van der Waals surface area (Å²) in [6, 6.07) is 9.62. The van der Waals surface area contributed by atoms with Crippen molar-refractivity contribution in [1.29, 1.82) is 0 Å². The van der Waals surface area contributed by atoms with Gasteiger partial charge < -0.3 is 20.1 Å². The molecule has 0 aliphatic heterocycles. The molecule has 0 fully saturated rings. The second-order valence-corrected chi connectivity index (χ2v) is 7.10. The highest BCUT2D eigenvalue weighted by Crippen LogP contribution is 2.38. The molecular weight excluding hydrogens is 400 g/mol. The smallest absolute Gasteiger partial charge is 0.311 e. The molecule has 0 saturated heterocycles. The van der Waals surface area contributed by atoms with Crippen LogP contribution in [0.1, 0.15) is 56.6 Å². The number of unbranched alkanes of at least 4 members (excludes halogenated alkanes) is 2. The maximum atomic E-state index is 11.9. The Morgan fingerprint density at radius 3 is 2.45 bits per heavy atom. The zero-order chi connectivity index (χ0) is 22.6. The first kappa shape index (κ1) is 23.7. The number of rotatable bonds is 11. The van der Waals surface area contributed by atoms with Crippen LogP contribution in [0.2, 0.25) is 0 Å². The molecule has 2 rings (SSSR count). The van der Waals surface area contributed by atoms with Crippen LogP contribution < -0.4 is 10.2 Å². The van der Waals surface area contributed by atoms with E-state index in [1.54, 1.807) is 12.1 Å². The van der Waals surface area contributed by atoms with Crippen molar-refractivity contribution in [3.05, 3.63) is 47.5 Å². The zero-order valence-corrected chi connectivity index (χ0v) is 17.5. The summed E-state index contributed by atoms with van der Waals surface area (Å²) in [6.07, 6.45) is 5.43. The minimum atomic E-state index is -0.554. The van der Waals surface area contributed by atoms with Gasteiger partial charge in [-0.1, -0.05) is 25.5 Å². The van der Waals surface area contributed by atoms with Gasteiger partial charge in [-0.3, -0.25) is 9.59 Å². The van der Waals surface area contributed by atoms with Crippen molar-refractivity contribution >= 4 is 18.1 Å². The molecule has 1 amide bonds. The van der Waals surface area contributed by atoms with Gasteiger partial charge in [-0.2, -0.15) is 5.10 Å². The Bertz CT molecular complexity index is 909. The van der Waals surface area contributed by atoms with Crippen LogP contribution in [0.25, 0.3) is 0 Å². The zero-order valence-electron chi connectivity index (χ0n) is 17.5. The molecule has 2 aromatic rings. The molecule has 0 spiro atoms. The van der Waals surface area contributed by atoms with Gasteiger partial charge in [0.05, 0.1) is 6.21 Å². The first-order valence-electron chi connectivity index (χ1n) is 10.3. The van der Waals surface area contributed by atoms with Gasteiger partial charge in [-0.05, 0) is 55.5 Å². The maximum absolute atomic E-state index is 11.9. The summed E-state index contributed by atoms with van der Waals surface area (Å²) in [5.74, 6) is -1.73. The highest BCUT2D eigenvalue weighted by atomic mass is 16.5. The first-order chi connectivity index (χ1) is 14.9. The Labute approximate surface area is 181 Å². The van der Waals surface area contributed by atoms with Crippen molar-refractivity contribution < 1.29 is 29.6 Å². The maximum Gasteiger partial charge on any atom is 0.311 e. The van der Waals surface area contributed by atoms with Crippen LogP contribution in [0.15, 0.2) is 41.5 Å². The van der Waals surface area contributed by atoms with E-state index < -0.39 is 11.7 Å². The normalized spacial score (nSPS) is 10.9. The molecule has 8 nitrogen and oxygen atoms in total. The molecule has 0 unspecified atom stereocenters. The number of benzene rings is 2. The molecule has 0 aromatic heterocycles. The number of nitrogens with zero attached hydrogens (tertiary/aromatic N) is 1. The van der Waals surface area contributed by atoms with Crippen LogP contribution in [-0.4, -0.2) is 33.4 Å². The summed E-state index contributed by atoms with van der Waals surface area (Å²) in [5, 5.41) is 33.2. The Morgan fingerprint density at radius 2 is 1.74 bits per heavy atom. The van der Waals surface area contributed by atoms with Gasteiger partial charge >= 0.3 is 5.97 Å². The molecule has 31 heavy (non-hydrogen) atoms. The molecule has 8 heteroatoms. The number of carbonyl (C=O) groups excluding carboxylic acids is 2. The van der Waals surface area contributed by atoms with E-state index in [0.717, 1.165) is 24.8 Å². The number of phenols is 3. The van der Waals surface area contributed by atoms with Crippen LogP contribution in [0.3, 0.4) is 0 Å². The number of aromatic hydroxyl groups is 3. The fourth-order valence-corrected chi connectivity index (χ4v) is 2.77. The highest BCUT2D eigenvalue weighted by molar-refractivity contribution is 5.88. The molecule has 166 valence electrons. The summed E-state index contributed by atoms with van der Waals surface area (Å²) in [5.41, 5.74) is 3.66. The topological polar surface area (TPSA) is 128 Å². The van der Waals surface area contributed by atoms with Crippen LogP contribution in [-0.2, 0) is 16.0 Å². The number of hydrogen-bond acceptors (Lipinski definition) is 7. The number of ether oxygens (including phenoxy) is 1. The summed E-state index contributed by atoms with van der Waals surface area (Å²) in [6.45, 7) is 1.93. The van der Waals surface area contributed by atoms with Crippen LogP contribution in [0, 0.1) is 0 Å². The molecule has 0 bridgehead atoms. The Kier molecular flexibility index (Phi) is 9.35. The summed E-state index contributed by atoms with van der Waals surface area (Å²) in [4.78, 5) is 23.7. The molecule has 0 aliphatic carbocycles. The third-order valence-corrected chi connectivity index (χ3v) is 4.54. The minimum absolute atomic E-state index is 0.177. The van der Waals surface area contributed by atoms with Gasteiger partial charge in [0.1, 0.15) is 5.75 Å². The van der Waals surface area contributed by atoms with E-state index in [4.69, 9.17) is 4.74 Å². The lowest BCUT2D eigenvalue weighted by atomic mass is 10.1. The van der Waals surface area contributed by atoms with Gasteiger partial charge in [0, 0.05) is 18.4 Å². The second kappa shape index (κ2) is 12.2. The molecule has 0 radical (unpaired) electrons. The fourth-order valence-electron chi connectivity index (χ4n) is 2.77.